The van der Waals surface area contributed by atoms with Gasteiger partial charge in [-0.25, -0.2) is 0 Å². The maximum absolute atomic E-state index is 12.0. The van der Waals surface area contributed by atoms with Crippen LogP contribution >= 0.6 is 11.5 Å². The number of carbonyl (C=O) groups is 1. The summed E-state index contributed by atoms with van der Waals surface area (Å²) in [6.45, 7) is 6.17. The quantitative estimate of drug-likeness (QED) is 0.700. The molecule has 0 aromatic carbocycles. The molecule has 1 unspecified atom stereocenters. The monoisotopic (exact) mass is 226 g/mol. The fourth-order valence-electron chi connectivity index (χ4n) is 1.58. The Labute approximate surface area is 95.1 Å². The first-order valence-electron chi connectivity index (χ1n) is 5.56. The number of aromatic nitrogens is 2. The van der Waals surface area contributed by atoms with E-state index in [4.69, 9.17) is 0 Å². The van der Waals surface area contributed by atoms with Crippen LogP contribution in [0.2, 0.25) is 0 Å². The average Bonchev–Trinajstić information content (AvgIpc) is 2.66. The molecule has 0 fully saturated rings. The zero-order valence-corrected chi connectivity index (χ0v) is 10.4. The topological polar surface area (TPSA) is 42.9 Å². The van der Waals surface area contributed by atoms with Crippen molar-refractivity contribution in [3.05, 3.63) is 10.6 Å². The zero-order valence-electron chi connectivity index (χ0n) is 9.62. The second-order valence-electron chi connectivity index (χ2n) is 3.85. The SMILES string of the molecule is CCCc1nnsc1C(=O)C(C)CCC. The van der Waals surface area contributed by atoms with Crippen LogP contribution in [0.5, 0.6) is 0 Å². The van der Waals surface area contributed by atoms with Gasteiger partial charge in [-0.1, -0.05) is 38.1 Å². The lowest BCUT2D eigenvalue weighted by molar-refractivity contribution is 0.0926. The van der Waals surface area contributed by atoms with Crippen LogP contribution in [0, 0.1) is 5.92 Å². The summed E-state index contributed by atoms with van der Waals surface area (Å²) < 4.78 is 3.88. The van der Waals surface area contributed by atoms with Crippen molar-refractivity contribution < 1.29 is 4.79 Å². The molecule has 0 saturated heterocycles. The van der Waals surface area contributed by atoms with Gasteiger partial charge in [0.25, 0.3) is 0 Å². The van der Waals surface area contributed by atoms with Crippen LogP contribution < -0.4 is 0 Å². The molecule has 0 saturated carbocycles. The van der Waals surface area contributed by atoms with Crippen LogP contribution in [-0.2, 0) is 6.42 Å². The number of hydrogen-bond donors (Lipinski definition) is 0. The largest absolute Gasteiger partial charge is 0.293 e. The third-order valence-electron chi connectivity index (χ3n) is 2.44. The maximum Gasteiger partial charge on any atom is 0.179 e. The molecule has 0 aliphatic heterocycles. The van der Waals surface area contributed by atoms with Crippen molar-refractivity contribution in [1.29, 1.82) is 0 Å². The van der Waals surface area contributed by atoms with E-state index in [-0.39, 0.29) is 11.7 Å². The molecule has 4 heteroatoms. The van der Waals surface area contributed by atoms with Gasteiger partial charge in [-0.3, -0.25) is 4.79 Å². The molecule has 0 radical (unpaired) electrons. The first kappa shape index (κ1) is 12.3. The van der Waals surface area contributed by atoms with Crippen LogP contribution in [-0.4, -0.2) is 15.4 Å². The van der Waals surface area contributed by atoms with Crippen molar-refractivity contribution >= 4 is 17.3 Å². The van der Waals surface area contributed by atoms with Crippen LogP contribution in [0.15, 0.2) is 0 Å². The van der Waals surface area contributed by atoms with Crippen LogP contribution in [0.1, 0.15) is 55.4 Å². The fraction of sp³-hybridized carbons (Fsp3) is 0.727. The second kappa shape index (κ2) is 5.95. The van der Waals surface area contributed by atoms with Gasteiger partial charge in [0.2, 0.25) is 0 Å². The van der Waals surface area contributed by atoms with Crippen molar-refractivity contribution in [2.24, 2.45) is 5.92 Å². The van der Waals surface area contributed by atoms with Crippen LogP contribution in [0.25, 0.3) is 0 Å². The molecule has 0 aliphatic rings. The molecule has 15 heavy (non-hydrogen) atoms. The number of aryl methyl sites for hydroxylation is 1. The lowest BCUT2D eigenvalue weighted by Crippen LogP contribution is -2.11. The number of nitrogens with zero attached hydrogens (tertiary/aromatic N) is 2. The van der Waals surface area contributed by atoms with Crippen LogP contribution in [0.4, 0.5) is 0 Å². The van der Waals surface area contributed by atoms with Gasteiger partial charge >= 0.3 is 0 Å². The van der Waals surface area contributed by atoms with Gasteiger partial charge in [-0.15, -0.1) is 5.10 Å². The Balaban J connectivity index is 2.76. The summed E-state index contributed by atoms with van der Waals surface area (Å²) in [5, 5.41) is 4.02. The zero-order chi connectivity index (χ0) is 11.3. The highest BCUT2D eigenvalue weighted by atomic mass is 32.1. The van der Waals surface area contributed by atoms with Gasteiger partial charge in [0.1, 0.15) is 4.88 Å². The Bertz CT molecular complexity index is 322. The molecule has 1 aromatic rings. The summed E-state index contributed by atoms with van der Waals surface area (Å²) >= 11 is 1.24. The van der Waals surface area contributed by atoms with Gasteiger partial charge in [0.05, 0.1) is 5.69 Å². The first-order chi connectivity index (χ1) is 7.20. The van der Waals surface area contributed by atoms with Crippen molar-refractivity contribution in [1.82, 2.24) is 9.59 Å². The molecule has 84 valence electrons. The summed E-state index contributed by atoms with van der Waals surface area (Å²) in [7, 11) is 0. The molecular formula is C11H18N2OS. The number of hydrogen-bond acceptors (Lipinski definition) is 4. The van der Waals surface area contributed by atoms with Crippen molar-refractivity contribution in [2.45, 2.75) is 46.5 Å². The molecule has 0 spiro atoms. The lowest BCUT2D eigenvalue weighted by atomic mass is 9.98. The molecule has 0 amide bonds. The van der Waals surface area contributed by atoms with Crippen molar-refractivity contribution in [3.63, 3.8) is 0 Å². The Morgan fingerprint density at radius 3 is 2.73 bits per heavy atom. The molecule has 1 rings (SSSR count). The van der Waals surface area contributed by atoms with Crippen LogP contribution in [0.3, 0.4) is 0 Å². The minimum absolute atomic E-state index is 0.104. The highest BCUT2D eigenvalue weighted by Gasteiger charge is 2.20. The summed E-state index contributed by atoms with van der Waals surface area (Å²) in [5.74, 6) is 0.322. The van der Waals surface area contributed by atoms with Crippen molar-refractivity contribution in [3.8, 4) is 0 Å². The molecule has 0 N–H and O–H groups in total. The second-order valence-corrected chi connectivity index (χ2v) is 4.61. The number of Topliss-reactive ketones (excluding diaryl/α,β-unsaturated/α-hetero) is 1. The summed E-state index contributed by atoms with van der Waals surface area (Å²) in [5.41, 5.74) is 0.885. The number of rotatable bonds is 6. The number of ketones is 1. The van der Waals surface area contributed by atoms with Gasteiger partial charge < -0.3 is 0 Å². The van der Waals surface area contributed by atoms with Gasteiger partial charge in [0, 0.05) is 5.92 Å². The highest BCUT2D eigenvalue weighted by Crippen LogP contribution is 2.19. The van der Waals surface area contributed by atoms with E-state index in [1.54, 1.807) is 0 Å². The lowest BCUT2D eigenvalue weighted by Gasteiger charge is -2.07. The smallest absolute Gasteiger partial charge is 0.179 e. The molecule has 0 aliphatic carbocycles. The predicted molar refractivity (Wildman–Crippen MR) is 62.3 cm³/mol. The van der Waals surface area contributed by atoms with Gasteiger partial charge in [-0.05, 0) is 24.4 Å². The van der Waals surface area contributed by atoms with E-state index >= 15 is 0 Å². The third-order valence-corrected chi connectivity index (χ3v) is 3.22. The van der Waals surface area contributed by atoms with E-state index in [1.807, 2.05) is 6.92 Å². The van der Waals surface area contributed by atoms with E-state index < -0.39 is 0 Å². The molecule has 1 aromatic heterocycles. The summed E-state index contributed by atoms with van der Waals surface area (Å²) in [4.78, 5) is 12.8. The van der Waals surface area contributed by atoms with E-state index in [1.165, 1.54) is 11.5 Å². The van der Waals surface area contributed by atoms with E-state index in [9.17, 15) is 4.79 Å². The predicted octanol–water partition coefficient (Wildman–Crippen LogP) is 3.11. The average molecular weight is 226 g/mol. The van der Waals surface area contributed by atoms with Gasteiger partial charge in [0.15, 0.2) is 5.78 Å². The van der Waals surface area contributed by atoms with E-state index in [0.717, 1.165) is 36.3 Å². The van der Waals surface area contributed by atoms with E-state index in [2.05, 4.69) is 23.4 Å². The van der Waals surface area contributed by atoms with Gasteiger partial charge in [-0.2, -0.15) is 0 Å². The first-order valence-corrected chi connectivity index (χ1v) is 6.33. The highest BCUT2D eigenvalue weighted by molar-refractivity contribution is 7.08. The maximum atomic E-state index is 12.0. The van der Waals surface area contributed by atoms with E-state index in [0.29, 0.717) is 0 Å². The summed E-state index contributed by atoms with van der Waals surface area (Å²) in [6.07, 6.45) is 3.86. The minimum atomic E-state index is 0.104. The number of carbonyl (C=O) groups excluding carboxylic acids is 1. The third kappa shape index (κ3) is 3.09. The molecule has 0 bridgehead atoms. The molecule has 1 atom stereocenters. The Hall–Kier alpha value is -0.770. The Morgan fingerprint density at radius 1 is 1.40 bits per heavy atom. The molecule has 3 nitrogen and oxygen atoms in total. The Morgan fingerprint density at radius 2 is 2.13 bits per heavy atom. The van der Waals surface area contributed by atoms with Crippen molar-refractivity contribution in [2.75, 3.05) is 0 Å². The normalized spacial score (nSPS) is 12.7. The molecule has 1 heterocycles. The Kier molecular flexibility index (Phi) is 4.88. The summed E-state index contributed by atoms with van der Waals surface area (Å²) in [6, 6.07) is 0. The molecular weight excluding hydrogens is 208 g/mol. The standard InChI is InChI=1S/C11H18N2OS/c1-4-6-8(3)10(14)11-9(7-5-2)12-13-15-11/h8H,4-7H2,1-3H3. The minimum Gasteiger partial charge on any atom is -0.293 e. The fourth-order valence-corrected chi connectivity index (χ4v) is 2.34.